The van der Waals surface area contributed by atoms with Crippen LogP contribution in [0.5, 0.6) is 0 Å². The molecular formula is C27H30ClFN4O2S. The zero-order chi connectivity index (χ0) is 26.0. The Balaban J connectivity index is 2.02. The minimum absolute atomic E-state index is 0.128. The Morgan fingerprint density at radius 3 is 2.64 bits per heavy atom. The highest BCUT2D eigenvalue weighted by molar-refractivity contribution is 8.00. The van der Waals surface area contributed by atoms with Crippen molar-refractivity contribution in [1.82, 2.24) is 15.1 Å². The molecule has 4 rings (SSSR count). The first-order valence-electron chi connectivity index (χ1n) is 11.9. The van der Waals surface area contributed by atoms with Gasteiger partial charge in [-0.25, -0.2) is 9.07 Å². The van der Waals surface area contributed by atoms with Crippen molar-refractivity contribution in [3.63, 3.8) is 0 Å². The molecule has 3 aromatic rings. The molecule has 1 N–H and O–H groups in total. The number of rotatable bonds is 6. The summed E-state index contributed by atoms with van der Waals surface area (Å²) in [5.41, 5.74) is 2.46. The predicted octanol–water partition coefficient (Wildman–Crippen LogP) is 5.66. The lowest BCUT2D eigenvalue weighted by molar-refractivity contribution is -0.122. The predicted molar refractivity (Wildman–Crippen MR) is 144 cm³/mol. The number of nitrogens with zero attached hydrogens (tertiary/aromatic N) is 3. The quantitative estimate of drug-likeness (QED) is 0.448. The maximum absolute atomic E-state index is 14.3. The van der Waals surface area contributed by atoms with Crippen LogP contribution in [0.15, 0.2) is 48.5 Å². The lowest BCUT2D eigenvalue weighted by Gasteiger charge is -2.24. The fourth-order valence-electron chi connectivity index (χ4n) is 4.26. The molecule has 6 nitrogen and oxygen atoms in total. The molecule has 36 heavy (non-hydrogen) atoms. The van der Waals surface area contributed by atoms with Crippen molar-refractivity contribution >= 4 is 41.0 Å². The summed E-state index contributed by atoms with van der Waals surface area (Å²) in [5, 5.41) is 7.95. The summed E-state index contributed by atoms with van der Waals surface area (Å²) in [4.78, 5) is 27.9. The van der Waals surface area contributed by atoms with E-state index in [1.807, 2.05) is 52.0 Å². The number of benzene rings is 2. The van der Waals surface area contributed by atoms with Gasteiger partial charge in [-0.2, -0.15) is 5.10 Å². The van der Waals surface area contributed by atoms with Gasteiger partial charge in [0.15, 0.2) is 0 Å². The van der Waals surface area contributed by atoms with Crippen molar-refractivity contribution in [2.45, 2.75) is 44.8 Å². The van der Waals surface area contributed by atoms with Crippen LogP contribution in [-0.4, -0.2) is 40.4 Å². The molecule has 0 spiro atoms. The Morgan fingerprint density at radius 1 is 1.22 bits per heavy atom. The number of nitrogens with one attached hydrogen (secondary N) is 1. The van der Waals surface area contributed by atoms with E-state index in [0.717, 1.165) is 23.2 Å². The molecule has 0 aliphatic carbocycles. The highest BCUT2D eigenvalue weighted by atomic mass is 35.5. The Hall–Kier alpha value is -2.84. The second kappa shape index (κ2) is 10.6. The molecule has 0 bridgehead atoms. The van der Waals surface area contributed by atoms with Crippen LogP contribution in [0.2, 0.25) is 5.02 Å². The van der Waals surface area contributed by atoms with Crippen molar-refractivity contribution in [3.05, 3.63) is 76.2 Å². The van der Waals surface area contributed by atoms with Gasteiger partial charge in [-0.15, -0.1) is 11.8 Å². The van der Waals surface area contributed by atoms with Crippen molar-refractivity contribution in [1.29, 1.82) is 0 Å². The highest BCUT2D eigenvalue weighted by Crippen LogP contribution is 2.48. The Morgan fingerprint density at radius 2 is 1.97 bits per heavy atom. The van der Waals surface area contributed by atoms with Gasteiger partial charge in [-0.3, -0.25) is 14.5 Å². The number of carbonyl (C=O) groups excluding carboxylic acids is 2. The summed E-state index contributed by atoms with van der Waals surface area (Å²) in [5.74, 6) is -0.209. The van der Waals surface area contributed by atoms with E-state index in [-0.39, 0.29) is 35.2 Å². The van der Waals surface area contributed by atoms with E-state index in [1.54, 1.807) is 16.8 Å². The van der Waals surface area contributed by atoms with Gasteiger partial charge in [0.05, 0.1) is 27.4 Å². The number of carbonyl (C=O) groups is 2. The molecule has 9 heteroatoms. The fraction of sp³-hybridized carbons (Fsp3) is 0.370. The Kier molecular flexibility index (Phi) is 7.76. The summed E-state index contributed by atoms with van der Waals surface area (Å²) in [6, 6.07) is 13.7. The molecule has 0 saturated carbocycles. The third-order valence-electron chi connectivity index (χ3n) is 5.91. The summed E-state index contributed by atoms with van der Waals surface area (Å²) in [7, 11) is 0. The first kappa shape index (κ1) is 26.2. The third kappa shape index (κ3) is 5.30. The van der Waals surface area contributed by atoms with E-state index in [1.165, 1.54) is 28.8 Å². The number of para-hydroxylation sites is 1. The monoisotopic (exact) mass is 528 g/mol. The molecule has 2 amide bonds. The van der Waals surface area contributed by atoms with Crippen molar-refractivity contribution < 1.29 is 14.0 Å². The number of thioether (sulfide) groups is 1. The van der Waals surface area contributed by atoms with Gasteiger partial charge in [-0.1, -0.05) is 63.6 Å². The van der Waals surface area contributed by atoms with E-state index in [9.17, 15) is 14.0 Å². The van der Waals surface area contributed by atoms with Crippen LogP contribution in [0, 0.1) is 5.82 Å². The molecular weight excluding hydrogens is 499 g/mol. The third-order valence-corrected chi connectivity index (χ3v) is 7.48. The van der Waals surface area contributed by atoms with E-state index in [4.69, 9.17) is 16.7 Å². The summed E-state index contributed by atoms with van der Waals surface area (Å²) >= 11 is 8.01. The number of amides is 2. The SMILES string of the molecule is CCCNC(=O)CN1C(=O)CS[C@H](c2cccc(F)c2)c2c(C(C)(C)C)nn(-c3ccccc3Cl)c21. The molecule has 2 aromatic carbocycles. The largest absolute Gasteiger partial charge is 0.355 e. The van der Waals surface area contributed by atoms with Crippen LogP contribution in [0.25, 0.3) is 5.69 Å². The van der Waals surface area contributed by atoms with Crippen LogP contribution in [-0.2, 0) is 15.0 Å². The number of fused-ring (bicyclic) bond motifs is 1. The molecule has 0 fully saturated rings. The number of halogens is 2. The topological polar surface area (TPSA) is 67.2 Å². The summed E-state index contributed by atoms with van der Waals surface area (Å²) in [6.07, 6.45) is 0.786. The smallest absolute Gasteiger partial charge is 0.240 e. The van der Waals surface area contributed by atoms with Gasteiger partial charge in [0.2, 0.25) is 11.8 Å². The molecule has 2 heterocycles. The zero-order valence-corrected chi connectivity index (χ0v) is 22.4. The first-order valence-corrected chi connectivity index (χ1v) is 13.4. The molecule has 0 unspecified atom stereocenters. The first-order chi connectivity index (χ1) is 17.1. The van der Waals surface area contributed by atoms with E-state index in [2.05, 4.69) is 5.32 Å². The standard InChI is InChI=1S/C27H30ClFN4O2S/c1-5-13-30-21(34)15-32-22(35)16-36-24(17-9-8-10-18(29)14-17)23-25(27(2,3)4)31-33(26(23)32)20-12-7-6-11-19(20)28/h6-12,14,24H,5,13,15-16H2,1-4H3,(H,30,34)/t24-/m1/s1. The lowest BCUT2D eigenvalue weighted by atomic mass is 9.87. The second-order valence-corrected chi connectivity index (χ2v) is 11.3. The lowest BCUT2D eigenvalue weighted by Crippen LogP contribution is -2.42. The van der Waals surface area contributed by atoms with Gasteiger partial charge in [0, 0.05) is 17.5 Å². The van der Waals surface area contributed by atoms with E-state index in [0.29, 0.717) is 23.1 Å². The average Bonchev–Trinajstić information content (AvgIpc) is 3.16. The van der Waals surface area contributed by atoms with E-state index < -0.39 is 5.41 Å². The van der Waals surface area contributed by atoms with Gasteiger partial charge in [0.25, 0.3) is 0 Å². The Bertz CT molecular complexity index is 1290. The molecule has 190 valence electrons. The normalized spacial score (nSPS) is 16.0. The number of hydrogen-bond donors (Lipinski definition) is 1. The molecule has 0 radical (unpaired) electrons. The zero-order valence-electron chi connectivity index (χ0n) is 20.8. The van der Waals surface area contributed by atoms with Crippen LogP contribution in [0.1, 0.15) is 56.2 Å². The van der Waals surface area contributed by atoms with Crippen molar-refractivity contribution in [2.75, 3.05) is 23.7 Å². The van der Waals surface area contributed by atoms with Crippen molar-refractivity contribution in [2.24, 2.45) is 0 Å². The number of aromatic nitrogens is 2. The van der Waals surface area contributed by atoms with Crippen LogP contribution in [0.3, 0.4) is 0 Å². The fourth-order valence-corrected chi connectivity index (χ4v) is 5.67. The molecule has 1 aliphatic rings. The average molecular weight is 529 g/mol. The van der Waals surface area contributed by atoms with Crippen molar-refractivity contribution in [3.8, 4) is 5.69 Å². The highest BCUT2D eigenvalue weighted by Gasteiger charge is 2.40. The van der Waals surface area contributed by atoms with Gasteiger partial charge < -0.3 is 5.32 Å². The summed E-state index contributed by atoms with van der Waals surface area (Å²) in [6.45, 7) is 8.48. The minimum atomic E-state index is -0.410. The molecule has 1 aliphatic heterocycles. The Labute approximate surface area is 220 Å². The maximum Gasteiger partial charge on any atom is 0.240 e. The second-order valence-electron chi connectivity index (χ2n) is 9.77. The van der Waals surface area contributed by atoms with Gasteiger partial charge in [0.1, 0.15) is 18.2 Å². The molecule has 1 atom stereocenters. The van der Waals surface area contributed by atoms with Crippen LogP contribution >= 0.6 is 23.4 Å². The number of hydrogen-bond acceptors (Lipinski definition) is 4. The van der Waals surface area contributed by atoms with Crippen LogP contribution < -0.4 is 10.2 Å². The minimum Gasteiger partial charge on any atom is -0.355 e. The maximum atomic E-state index is 14.3. The van der Waals surface area contributed by atoms with E-state index >= 15 is 0 Å². The number of anilines is 1. The molecule has 0 saturated heterocycles. The molecule has 1 aromatic heterocycles. The van der Waals surface area contributed by atoms with Gasteiger partial charge >= 0.3 is 0 Å². The van der Waals surface area contributed by atoms with Gasteiger partial charge in [-0.05, 0) is 36.2 Å². The van der Waals surface area contributed by atoms with Crippen LogP contribution in [0.4, 0.5) is 10.2 Å². The summed E-state index contributed by atoms with van der Waals surface area (Å²) < 4.78 is 16.0.